The number of aliphatic carboxylic acids is 1. The summed E-state index contributed by atoms with van der Waals surface area (Å²) in [5.41, 5.74) is -0.680. The van der Waals surface area contributed by atoms with Crippen LogP contribution in [0.1, 0.15) is 31.9 Å². The number of halogens is 1. The van der Waals surface area contributed by atoms with E-state index in [2.05, 4.69) is 10.3 Å². The van der Waals surface area contributed by atoms with E-state index in [1.807, 2.05) is 0 Å². The van der Waals surface area contributed by atoms with Crippen LogP contribution in [0.25, 0.3) is 0 Å². The van der Waals surface area contributed by atoms with E-state index in [0.717, 1.165) is 17.2 Å². The molecule has 1 aromatic heterocycles. The van der Waals surface area contributed by atoms with E-state index < -0.39 is 23.7 Å². The Morgan fingerprint density at radius 2 is 2.41 bits per heavy atom. The number of thioether (sulfide) groups is 1. The van der Waals surface area contributed by atoms with Gasteiger partial charge in [-0.3, -0.25) is 9.36 Å². The summed E-state index contributed by atoms with van der Waals surface area (Å²) in [7, 11) is 1.49. The molecule has 0 amide bonds. The van der Waals surface area contributed by atoms with Crippen molar-refractivity contribution in [1.82, 2.24) is 9.55 Å². The lowest BCUT2D eigenvalue weighted by Gasteiger charge is -2.15. The number of rotatable bonds is 7. The summed E-state index contributed by atoms with van der Waals surface area (Å²) < 4.78 is 20.6. The summed E-state index contributed by atoms with van der Waals surface area (Å²) in [4.78, 5) is 25.9. The molecule has 2 N–H and O–H groups in total. The van der Waals surface area contributed by atoms with E-state index in [4.69, 9.17) is 9.84 Å². The number of aromatic nitrogens is 2. The van der Waals surface area contributed by atoms with E-state index >= 15 is 0 Å². The van der Waals surface area contributed by atoms with Gasteiger partial charge < -0.3 is 15.2 Å². The Bertz CT molecular complexity index is 595. The lowest BCUT2D eigenvalue weighted by Crippen LogP contribution is -2.29. The van der Waals surface area contributed by atoms with Crippen LogP contribution in [0.4, 0.5) is 10.2 Å². The number of carboxylic acid groups (broad SMARTS) is 1. The van der Waals surface area contributed by atoms with Crippen molar-refractivity contribution in [2.24, 2.45) is 0 Å². The number of hydrogen-bond acceptors (Lipinski definition) is 6. The number of unbranched alkanes of at least 4 members (excludes halogenated alkanes) is 1. The van der Waals surface area contributed by atoms with Gasteiger partial charge in [-0.05, 0) is 19.3 Å². The lowest BCUT2D eigenvalue weighted by atomic mass is 10.2. The quantitative estimate of drug-likeness (QED) is 0.734. The Morgan fingerprint density at radius 1 is 1.64 bits per heavy atom. The first-order valence-corrected chi connectivity index (χ1v) is 8.01. The first kappa shape index (κ1) is 16.8. The Kier molecular flexibility index (Phi) is 5.78. The molecule has 7 nitrogen and oxygen atoms in total. The second-order valence-corrected chi connectivity index (χ2v) is 6.06. The molecule has 1 fully saturated rings. The van der Waals surface area contributed by atoms with Crippen molar-refractivity contribution in [2.45, 2.75) is 37.3 Å². The minimum absolute atomic E-state index is 0.0860. The van der Waals surface area contributed by atoms with Gasteiger partial charge in [-0.15, -0.1) is 11.8 Å². The smallest absolute Gasteiger partial charge is 0.351 e. The van der Waals surface area contributed by atoms with Crippen LogP contribution in [0.2, 0.25) is 0 Å². The lowest BCUT2D eigenvalue weighted by molar-refractivity contribution is -0.137. The van der Waals surface area contributed by atoms with Gasteiger partial charge in [0.1, 0.15) is 11.7 Å². The van der Waals surface area contributed by atoms with E-state index in [-0.39, 0.29) is 17.7 Å². The molecule has 9 heteroatoms. The fraction of sp³-hybridized carbons (Fsp3) is 0.615. The van der Waals surface area contributed by atoms with Crippen LogP contribution in [0.3, 0.4) is 0 Å². The number of hydrogen-bond donors (Lipinski definition) is 2. The molecule has 1 saturated heterocycles. The summed E-state index contributed by atoms with van der Waals surface area (Å²) in [6.07, 6.45) is 2.72. The van der Waals surface area contributed by atoms with E-state index in [0.29, 0.717) is 18.6 Å². The minimum Gasteiger partial charge on any atom is -0.481 e. The fourth-order valence-electron chi connectivity index (χ4n) is 2.15. The largest absolute Gasteiger partial charge is 0.481 e. The molecule has 22 heavy (non-hydrogen) atoms. The Morgan fingerprint density at radius 3 is 3.09 bits per heavy atom. The molecule has 0 aliphatic carbocycles. The average Bonchev–Trinajstić information content (AvgIpc) is 2.94. The predicted octanol–water partition coefficient (Wildman–Crippen LogP) is 1.66. The third kappa shape index (κ3) is 4.20. The van der Waals surface area contributed by atoms with Crippen LogP contribution in [-0.2, 0) is 9.53 Å². The summed E-state index contributed by atoms with van der Waals surface area (Å²) in [5.74, 6) is -0.975. The zero-order valence-electron chi connectivity index (χ0n) is 12.1. The summed E-state index contributed by atoms with van der Waals surface area (Å²) >= 11 is 1.53. The van der Waals surface area contributed by atoms with Crippen LogP contribution < -0.4 is 11.0 Å². The van der Waals surface area contributed by atoms with Gasteiger partial charge >= 0.3 is 11.7 Å². The van der Waals surface area contributed by atoms with Gasteiger partial charge in [-0.25, -0.2) is 9.18 Å². The molecule has 122 valence electrons. The minimum atomic E-state index is -0.810. The van der Waals surface area contributed by atoms with Gasteiger partial charge in [0.2, 0.25) is 0 Å². The van der Waals surface area contributed by atoms with Crippen LogP contribution >= 0.6 is 11.8 Å². The van der Waals surface area contributed by atoms with Crippen LogP contribution in [0, 0.1) is 5.82 Å². The monoisotopic (exact) mass is 331 g/mol. The number of nitrogens with zero attached hydrogens (tertiary/aromatic N) is 2. The van der Waals surface area contributed by atoms with Crippen LogP contribution in [0.5, 0.6) is 0 Å². The second kappa shape index (κ2) is 7.59. The van der Waals surface area contributed by atoms with Crippen molar-refractivity contribution in [3.63, 3.8) is 0 Å². The molecule has 1 aromatic rings. The van der Waals surface area contributed by atoms with Crippen LogP contribution in [0.15, 0.2) is 11.0 Å². The van der Waals surface area contributed by atoms with E-state index in [1.165, 1.54) is 18.8 Å². The van der Waals surface area contributed by atoms with Gasteiger partial charge in [-0.1, -0.05) is 0 Å². The molecule has 0 radical (unpaired) electrons. The van der Waals surface area contributed by atoms with Gasteiger partial charge in [0.25, 0.3) is 0 Å². The van der Waals surface area contributed by atoms with Crippen molar-refractivity contribution >= 4 is 23.5 Å². The van der Waals surface area contributed by atoms with Crippen molar-refractivity contribution in [3.05, 3.63) is 22.5 Å². The highest BCUT2D eigenvalue weighted by atomic mass is 32.2. The summed E-state index contributed by atoms with van der Waals surface area (Å²) in [6, 6.07) is 0. The van der Waals surface area contributed by atoms with Gasteiger partial charge in [0, 0.05) is 19.2 Å². The van der Waals surface area contributed by atoms with Gasteiger partial charge in [0.15, 0.2) is 11.6 Å². The van der Waals surface area contributed by atoms with Crippen molar-refractivity contribution in [1.29, 1.82) is 0 Å². The first-order valence-electron chi connectivity index (χ1n) is 6.96. The highest BCUT2D eigenvalue weighted by Gasteiger charge is 2.28. The van der Waals surface area contributed by atoms with Crippen molar-refractivity contribution in [2.75, 3.05) is 18.1 Å². The van der Waals surface area contributed by atoms with Gasteiger partial charge in [0.05, 0.1) is 6.20 Å². The third-order valence-electron chi connectivity index (χ3n) is 3.27. The maximum absolute atomic E-state index is 13.7. The number of carboxylic acids is 1. The highest BCUT2D eigenvalue weighted by Crippen LogP contribution is 2.34. The molecular weight excluding hydrogens is 313 g/mol. The normalized spacial score (nSPS) is 21.0. The summed E-state index contributed by atoms with van der Waals surface area (Å²) in [5, 5.41) is 11.1. The third-order valence-corrected chi connectivity index (χ3v) is 4.46. The zero-order valence-corrected chi connectivity index (χ0v) is 12.9. The molecular formula is C13H18FN3O4S. The van der Waals surface area contributed by atoms with E-state index in [1.54, 1.807) is 0 Å². The number of carbonyl (C=O) groups is 1. The molecule has 0 saturated carbocycles. The molecule has 1 aliphatic heterocycles. The maximum atomic E-state index is 13.7. The van der Waals surface area contributed by atoms with Crippen molar-refractivity contribution in [3.8, 4) is 0 Å². The van der Waals surface area contributed by atoms with Crippen molar-refractivity contribution < 1.29 is 19.0 Å². The molecule has 0 spiro atoms. The predicted molar refractivity (Wildman–Crippen MR) is 80.5 cm³/mol. The Labute approximate surface area is 130 Å². The second-order valence-electron chi connectivity index (χ2n) is 4.87. The number of ether oxygens (including phenoxy) is 1. The molecule has 1 aliphatic rings. The molecule has 2 rings (SSSR count). The summed E-state index contributed by atoms with van der Waals surface area (Å²) in [6.45, 7) is 0. The maximum Gasteiger partial charge on any atom is 0.351 e. The Hall–Kier alpha value is -1.61. The number of anilines is 1. The topological polar surface area (TPSA) is 93.5 Å². The molecule has 2 atom stereocenters. The van der Waals surface area contributed by atoms with Crippen LogP contribution in [-0.4, -0.2) is 38.9 Å². The zero-order chi connectivity index (χ0) is 16.1. The first-order chi connectivity index (χ1) is 10.5. The SMILES string of the molecule is CNc1nc(=O)n([C@H]2CS[C@@H](CCCCC(=O)O)O2)cc1F. The van der Waals surface area contributed by atoms with Gasteiger partial charge in [-0.2, -0.15) is 4.98 Å². The molecule has 0 bridgehead atoms. The molecule has 0 unspecified atom stereocenters. The molecule has 2 heterocycles. The van der Waals surface area contributed by atoms with E-state index in [9.17, 15) is 14.0 Å². The Balaban J connectivity index is 1.92. The standard InChI is InChI=1S/C13H18FN3O4S/c1-15-12-8(14)6-17(13(20)16-12)9-7-22-11(21-9)5-3-2-4-10(18)19/h6,9,11H,2-5,7H2,1H3,(H,18,19)(H,15,16,20)/t9-,11+/m1/s1. The average molecular weight is 331 g/mol. The highest BCUT2D eigenvalue weighted by molar-refractivity contribution is 7.99. The molecule has 0 aromatic carbocycles. The number of nitrogens with one attached hydrogen (secondary N) is 1. The fourth-order valence-corrected chi connectivity index (χ4v) is 3.31.